The van der Waals surface area contributed by atoms with Gasteiger partial charge in [0.15, 0.2) is 8.32 Å². The van der Waals surface area contributed by atoms with Crippen molar-refractivity contribution in [2.75, 3.05) is 0 Å². The molecule has 0 amide bonds. The highest BCUT2D eigenvalue weighted by Crippen LogP contribution is 2.62. The second kappa shape index (κ2) is 8.71. The molecule has 4 rings (SSSR count). The van der Waals surface area contributed by atoms with Gasteiger partial charge < -0.3 is 14.0 Å². The lowest BCUT2D eigenvalue weighted by molar-refractivity contribution is -0.0477. The van der Waals surface area contributed by atoms with E-state index in [1.54, 1.807) is 5.56 Å². The molecule has 0 aromatic heterocycles. The molecule has 35 heavy (non-hydrogen) atoms. The van der Waals surface area contributed by atoms with Crippen LogP contribution in [0, 0.1) is 17.3 Å². The third kappa shape index (κ3) is 4.73. The molecule has 5 heteroatoms. The Bertz CT molecular complexity index is 942. The van der Waals surface area contributed by atoms with E-state index in [1.165, 1.54) is 18.4 Å². The molecule has 3 aliphatic carbocycles. The first-order valence-corrected chi connectivity index (χ1v) is 19.9. The summed E-state index contributed by atoms with van der Waals surface area (Å²) in [5.41, 5.74) is 3.03. The maximum absolute atomic E-state index is 11.6. The molecule has 0 aliphatic heterocycles. The molecular weight excluding hydrogens is 464 g/mol. The van der Waals surface area contributed by atoms with Crippen molar-refractivity contribution in [3.05, 3.63) is 29.3 Å². The monoisotopic (exact) mass is 516 g/mol. The van der Waals surface area contributed by atoms with E-state index in [0.29, 0.717) is 17.8 Å². The van der Waals surface area contributed by atoms with Crippen LogP contribution in [0.1, 0.15) is 91.2 Å². The van der Waals surface area contributed by atoms with Crippen molar-refractivity contribution < 1.29 is 14.0 Å². The van der Waals surface area contributed by atoms with Crippen LogP contribution in [0.2, 0.25) is 36.3 Å². The molecule has 6 atom stereocenters. The van der Waals surface area contributed by atoms with Crippen molar-refractivity contribution in [1.29, 1.82) is 0 Å². The molecule has 1 aromatic carbocycles. The first kappa shape index (κ1) is 27.4. The molecule has 198 valence electrons. The van der Waals surface area contributed by atoms with Gasteiger partial charge in [-0.2, -0.15) is 0 Å². The van der Waals surface area contributed by atoms with Gasteiger partial charge in [-0.15, -0.1) is 0 Å². The molecular formula is C30H52O3Si2. The third-order valence-corrected chi connectivity index (χ3v) is 19.9. The number of benzene rings is 1. The van der Waals surface area contributed by atoms with Crippen LogP contribution in [0.15, 0.2) is 18.2 Å². The lowest BCUT2D eigenvalue weighted by Gasteiger charge is -2.50. The first-order valence-electron chi connectivity index (χ1n) is 14.1. The summed E-state index contributed by atoms with van der Waals surface area (Å²) in [5.74, 6) is 2.87. The fourth-order valence-corrected chi connectivity index (χ4v) is 9.06. The molecule has 0 saturated heterocycles. The van der Waals surface area contributed by atoms with Crippen LogP contribution in [-0.2, 0) is 10.8 Å². The van der Waals surface area contributed by atoms with Crippen LogP contribution in [0.3, 0.4) is 0 Å². The summed E-state index contributed by atoms with van der Waals surface area (Å²) >= 11 is 0. The maximum Gasteiger partial charge on any atom is 0.250 e. The Hall–Kier alpha value is -0.626. The van der Waals surface area contributed by atoms with E-state index in [-0.39, 0.29) is 27.7 Å². The van der Waals surface area contributed by atoms with Crippen LogP contribution in [0.5, 0.6) is 5.75 Å². The summed E-state index contributed by atoms with van der Waals surface area (Å²) in [5, 5.41) is 11.9. The second-order valence-electron chi connectivity index (χ2n) is 15.3. The Morgan fingerprint density at radius 3 is 2.17 bits per heavy atom. The van der Waals surface area contributed by atoms with Crippen LogP contribution in [0.25, 0.3) is 0 Å². The highest BCUT2D eigenvalue weighted by atomic mass is 28.4. The Morgan fingerprint density at radius 1 is 0.943 bits per heavy atom. The fourth-order valence-electron chi connectivity index (χ4n) is 6.70. The van der Waals surface area contributed by atoms with E-state index in [0.717, 1.165) is 25.0 Å². The van der Waals surface area contributed by atoms with Gasteiger partial charge in [-0.1, -0.05) is 54.5 Å². The second-order valence-corrected chi connectivity index (χ2v) is 24.8. The standard InChI is InChI=1S/C30H52O3Si2/c1-28(2,3)34(8,9)32-21-13-15-22-20(18-21)12-14-24-23(22)16-17-30(7)25(24)19-26(27(30)31)33-35(10,11)29(4,5)6/h13,15,18,23-27,31H,12,14,16-17,19H2,1-11H3/t23?,24?,25?,26-,27+,30+/m1/s1. The predicted octanol–water partition coefficient (Wildman–Crippen LogP) is 8.29. The van der Waals surface area contributed by atoms with Crippen LogP contribution >= 0.6 is 0 Å². The van der Waals surface area contributed by atoms with Crippen LogP contribution < -0.4 is 4.43 Å². The van der Waals surface area contributed by atoms with Gasteiger partial charge in [-0.3, -0.25) is 0 Å². The molecule has 3 aliphatic rings. The van der Waals surface area contributed by atoms with E-state index < -0.39 is 16.6 Å². The number of aliphatic hydroxyl groups excluding tert-OH is 1. The van der Waals surface area contributed by atoms with Gasteiger partial charge in [0, 0.05) is 0 Å². The van der Waals surface area contributed by atoms with E-state index in [2.05, 4.69) is 92.9 Å². The van der Waals surface area contributed by atoms with Crippen molar-refractivity contribution >= 4 is 16.6 Å². The summed E-state index contributed by atoms with van der Waals surface area (Å²) in [6.07, 6.45) is 5.29. The number of hydrogen-bond acceptors (Lipinski definition) is 3. The van der Waals surface area contributed by atoms with E-state index in [9.17, 15) is 5.11 Å². The average Bonchev–Trinajstić information content (AvgIpc) is 2.96. The van der Waals surface area contributed by atoms with Gasteiger partial charge in [0.05, 0.1) is 12.2 Å². The average molecular weight is 517 g/mol. The van der Waals surface area contributed by atoms with Crippen molar-refractivity contribution in [2.24, 2.45) is 17.3 Å². The largest absolute Gasteiger partial charge is 0.543 e. The maximum atomic E-state index is 11.6. The summed E-state index contributed by atoms with van der Waals surface area (Å²) in [6.45, 7) is 25.5. The molecule has 2 saturated carbocycles. The van der Waals surface area contributed by atoms with Gasteiger partial charge >= 0.3 is 0 Å². The fraction of sp³-hybridized carbons (Fsp3) is 0.800. The van der Waals surface area contributed by atoms with Gasteiger partial charge in [0.25, 0.3) is 0 Å². The van der Waals surface area contributed by atoms with Gasteiger partial charge in [0.2, 0.25) is 8.32 Å². The van der Waals surface area contributed by atoms with Gasteiger partial charge in [0.1, 0.15) is 5.75 Å². The molecule has 0 bridgehead atoms. The Kier molecular flexibility index (Phi) is 6.82. The molecule has 0 spiro atoms. The van der Waals surface area contributed by atoms with E-state index in [4.69, 9.17) is 8.85 Å². The van der Waals surface area contributed by atoms with Gasteiger partial charge in [-0.05, 0) is 115 Å². The number of hydrogen-bond donors (Lipinski definition) is 1. The first-order chi connectivity index (χ1) is 15.9. The summed E-state index contributed by atoms with van der Waals surface area (Å²) < 4.78 is 13.5. The lowest BCUT2D eigenvalue weighted by Crippen LogP contribution is -2.48. The molecule has 1 aromatic rings. The van der Waals surface area contributed by atoms with Crippen molar-refractivity contribution in [3.63, 3.8) is 0 Å². The minimum Gasteiger partial charge on any atom is -0.543 e. The molecule has 2 fully saturated rings. The van der Waals surface area contributed by atoms with Crippen LogP contribution in [0.4, 0.5) is 0 Å². The quantitative estimate of drug-likeness (QED) is 0.409. The summed E-state index contributed by atoms with van der Waals surface area (Å²) in [6, 6.07) is 6.97. The SMILES string of the molecule is CC(C)(C)[Si](C)(C)Oc1ccc2c(c1)CCC1C2CC[C@@]2(C)C1C[C@@H](O[Si](C)(C)C(C)(C)C)[C@@H]2O. The predicted molar refractivity (Wildman–Crippen MR) is 152 cm³/mol. The zero-order valence-corrected chi connectivity index (χ0v) is 26.4. The van der Waals surface area contributed by atoms with Gasteiger partial charge in [-0.25, -0.2) is 0 Å². The Morgan fingerprint density at radius 2 is 1.57 bits per heavy atom. The lowest BCUT2D eigenvalue weighted by atomic mass is 9.55. The minimum absolute atomic E-state index is 0.00796. The van der Waals surface area contributed by atoms with Crippen LogP contribution in [-0.4, -0.2) is 33.9 Å². The zero-order valence-electron chi connectivity index (χ0n) is 24.4. The Balaban J connectivity index is 1.55. The number of aliphatic hydroxyl groups is 1. The number of aryl methyl sites for hydroxylation is 1. The topological polar surface area (TPSA) is 38.7 Å². The highest BCUT2D eigenvalue weighted by molar-refractivity contribution is 6.75. The molecule has 0 radical (unpaired) electrons. The van der Waals surface area contributed by atoms with E-state index in [1.807, 2.05) is 0 Å². The van der Waals surface area contributed by atoms with Crippen molar-refractivity contribution in [1.82, 2.24) is 0 Å². The molecule has 3 unspecified atom stereocenters. The molecule has 3 nitrogen and oxygen atoms in total. The number of fused-ring (bicyclic) bond motifs is 5. The summed E-state index contributed by atoms with van der Waals surface area (Å²) in [7, 11) is -3.76. The van der Waals surface area contributed by atoms with Crippen molar-refractivity contribution in [2.45, 2.75) is 135 Å². The Labute approximate surface area is 217 Å². The normalized spacial score (nSPS) is 33.7. The van der Waals surface area contributed by atoms with E-state index >= 15 is 0 Å². The molecule has 1 N–H and O–H groups in total. The summed E-state index contributed by atoms with van der Waals surface area (Å²) in [4.78, 5) is 0. The smallest absolute Gasteiger partial charge is 0.250 e. The third-order valence-electron chi connectivity index (χ3n) is 11.1. The zero-order chi connectivity index (χ0) is 26.2. The van der Waals surface area contributed by atoms with Crippen molar-refractivity contribution in [3.8, 4) is 5.75 Å². The molecule has 0 heterocycles. The number of rotatable bonds is 4. The minimum atomic E-state index is -1.92. The highest BCUT2D eigenvalue weighted by Gasteiger charge is 2.59.